The predicted octanol–water partition coefficient (Wildman–Crippen LogP) is 7.77. The molecule has 5 rings (SSSR count). The minimum Gasteiger partial charge on any atom is -0.497 e. The van der Waals surface area contributed by atoms with E-state index in [1.54, 1.807) is 20.3 Å². The summed E-state index contributed by atoms with van der Waals surface area (Å²) < 4.78 is 28.8. The van der Waals surface area contributed by atoms with E-state index in [1.165, 1.54) is 24.6 Å². The second-order valence-corrected chi connectivity index (χ2v) is 15.8. The van der Waals surface area contributed by atoms with Crippen molar-refractivity contribution in [3.8, 4) is 22.8 Å². The SMILES string of the molecule is COc1cc(OC)cc(-c2cc(CCCOC(=O)[C@@H](C)CCCNC(=O)OC(C)(C)C)c(/C=C3\SC(=S)N(C4CC5CCC4C5)C3=O)o2)c1. The number of amides is 2. The van der Waals surface area contributed by atoms with Crippen molar-refractivity contribution in [1.29, 1.82) is 0 Å². The molecule has 49 heavy (non-hydrogen) atoms. The van der Waals surface area contributed by atoms with Crippen molar-refractivity contribution >= 4 is 52.3 Å². The highest BCUT2D eigenvalue weighted by Crippen LogP contribution is 2.49. The molecule has 3 aliphatic rings. The lowest BCUT2D eigenvalue weighted by Gasteiger charge is -2.30. The fourth-order valence-electron chi connectivity index (χ4n) is 6.87. The van der Waals surface area contributed by atoms with E-state index in [0.29, 0.717) is 76.3 Å². The van der Waals surface area contributed by atoms with Crippen LogP contribution in [0.1, 0.15) is 84.0 Å². The molecule has 3 unspecified atom stereocenters. The molecule has 0 spiro atoms. The van der Waals surface area contributed by atoms with Crippen LogP contribution < -0.4 is 14.8 Å². The van der Waals surface area contributed by atoms with E-state index in [0.717, 1.165) is 24.0 Å². The molecule has 12 heteroatoms. The number of furan rings is 1. The van der Waals surface area contributed by atoms with E-state index in [-0.39, 0.29) is 30.4 Å². The number of nitrogens with one attached hydrogen (secondary N) is 1. The van der Waals surface area contributed by atoms with E-state index in [4.69, 9.17) is 35.6 Å². The van der Waals surface area contributed by atoms with Gasteiger partial charge in [-0.25, -0.2) is 4.79 Å². The summed E-state index contributed by atoms with van der Waals surface area (Å²) in [5.74, 6) is 3.01. The third kappa shape index (κ3) is 9.39. The zero-order chi connectivity index (χ0) is 35.3. The largest absolute Gasteiger partial charge is 0.497 e. The number of methoxy groups -OCH3 is 2. The Balaban J connectivity index is 1.23. The van der Waals surface area contributed by atoms with Gasteiger partial charge in [0.2, 0.25) is 0 Å². The molecule has 2 bridgehead atoms. The number of fused-ring (bicyclic) bond motifs is 2. The Morgan fingerprint density at radius 1 is 1.10 bits per heavy atom. The fraction of sp³-hybridized carbons (Fsp3) is 0.568. The summed E-state index contributed by atoms with van der Waals surface area (Å²) >= 11 is 7.06. The van der Waals surface area contributed by atoms with Crippen molar-refractivity contribution in [3.63, 3.8) is 0 Å². The van der Waals surface area contributed by atoms with Crippen LogP contribution in [-0.2, 0) is 25.5 Å². The molecule has 2 aliphatic carbocycles. The van der Waals surface area contributed by atoms with E-state index >= 15 is 0 Å². The number of benzene rings is 1. The standard InChI is InChI=1S/C37H48N2O8S2/c1-22(9-7-13-38-35(42)47-37(2,3)4)34(41)45-14-8-10-25-19-30(26-17-27(43-5)20-28(18-26)44-6)46-31(25)21-32-33(40)39(36(48)49-32)29-16-23-11-12-24(29)15-23/h17-24,29H,7-16H2,1-6H3,(H,38,42)/b32-21-/t22-,23?,24?,29?/m0/s1. The van der Waals surface area contributed by atoms with Crippen LogP contribution in [-0.4, -0.2) is 66.2 Å². The van der Waals surface area contributed by atoms with Crippen LogP contribution in [0, 0.1) is 17.8 Å². The monoisotopic (exact) mass is 712 g/mol. The van der Waals surface area contributed by atoms with Crippen LogP contribution in [0.2, 0.25) is 0 Å². The maximum Gasteiger partial charge on any atom is 0.407 e. The number of hydrogen-bond acceptors (Lipinski definition) is 10. The third-order valence-electron chi connectivity index (χ3n) is 9.32. The first kappa shape index (κ1) is 36.8. The molecule has 0 radical (unpaired) electrons. The Morgan fingerprint density at radius 3 is 2.47 bits per heavy atom. The highest BCUT2D eigenvalue weighted by molar-refractivity contribution is 8.26. The van der Waals surface area contributed by atoms with Gasteiger partial charge < -0.3 is 28.7 Å². The summed E-state index contributed by atoms with van der Waals surface area (Å²) in [5, 5.41) is 2.72. The fourth-order valence-corrected chi connectivity index (χ4v) is 8.22. The van der Waals surface area contributed by atoms with Crippen LogP contribution in [0.5, 0.6) is 11.5 Å². The number of aryl methyl sites for hydroxylation is 1. The zero-order valence-corrected chi connectivity index (χ0v) is 30.9. The molecule has 3 fully saturated rings. The van der Waals surface area contributed by atoms with E-state index in [9.17, 15) is 14.4 Å². The Labute approximate surface area is 298 Å². The molecule has 1 saturated heterocycles. The molecule has 10 nitrogen and oxygen atoms in total. The molecule has 2 heterocycles. The van der Waals surface area contributed by atoms with Gasteiger partial charge in [-0.1, -0.05) is 37.3 Å². The summed E-state index contributed by atoms with van der Waals surface area (Å²) in [4.78, 5) is 40.6. The first-order valence-electron chi connectivity index (χ1n) is 17.1. The van der Waals surface area contributed by atoms with Crippen molar-refractivity contribution in [3.05, 3.63) is 40.5 Å². The molecule has 4 atom stereocenters. The minimum atomic E-state index is -0.560. The van der Waals surface area contributed by atoms with Crippen LogP contribution in [0.3, 0.4) is 0 Å². The average Bonchev–Trinajstić information content (AvgIpc) is 3.84. The Bertz CT molecular complexity index is 1560. The molecule has 1 aliphatic heterocycles. The van der Waals surface area contributed by atoms with Crippen molar-refractivity contribution < 1.29 is 37.7 Å². The summed E-state index contributed by atoms with van der Waals surface area (Å²) in [6.07, 6.45) is 8.29. The lowest BCUT2D eigenvalue weighted by molar-refractivity contribution is -0.148. The van der Waals surface area contributed by atoms with Crippen LogP contribution >= 0.6 is 24.0 Å². The molecule has 1 aromatic carbocycles. The van der Waals surface area contributed by atoms with E-state index in [2.05, 4.69) is 5.32 Å². The number of nitrogens with zero attached hydrogens (tertiary/aromatic N) is 1. The Morgan fingerprint density at radius 2 is 1.84 bits per heavy atom. The predicted molar refractivity (Wildman–Crippen MR) is 193 cm³/mol. The number of ether oxygens (including phenoxy) is 4. The van der Waals surface area contributed by atoms with Crippen LogP contribution in [0.4, 0.5) is 4.79 Å². The smallest absolute Gasteiger partial charge is 0.407 e. The number of thioether (sulfide) groups is 1. The van der Waals surface area contributed by atoms with Gasteiger partial charge in [-0.2, -0.15) is 0 Å². The lowest BCUT2D eigenvalue weighted by Crippen LogP contribution is -2.41. The second-order valence-electron chi connectivity index (χ2n) is 14.1. The number of carbonyl (C=O) groups excluding carboxylic acids is 3. The Hall–Kier alpha value is -3.51. The second kappa shape index (κ2) is 16.0. The minimum absolute atomic E-state index is 0.0521. The zero-order valence-electron chi connectivity index (χ0n) is 29.3. The maximum atomic E-state index is 13.7. The van der Waals surface area contributed by atoms with Crippen LogP contribution in [0.25, 0.3) is 17.4 Å². The number of carbonyl (C=O) groups is 3. The van der Waals surface area contributed by atoms with Gasteiger partial charge in [-0.05, 0) is 101 Å². The van der Waals surface area contributed by atoms with Gasteiger partial charge in [-0.15, -0.1) is 0 Å². The van der Waals surface area contributed by atoms with Gasteiger partial charge in [0.25, 0.3) is 5.91 Å². The summed E-state index contributed by atoms with van der Waals surface area (Å²) in [7, 11) is 3.19. The van der Waals surface area contributed by atoms with Gasteiger partial charge in [-0.3, -0.25) is 14.5 Å². The maximum absolute atomic E-state index is 13.7. The van der Waals surface area contributed by atoms with Gasteiger partial charge in [0, 0.05) is 30.3 Å². The number of rotatable bonds is 14. The first-order valence-corrected chi connectivity index (χ1v) is 18.3. The normalized spacial score (nSPS) is 21.7. The summed E-state index contributed by atoms with van der Waals surface area (Å²) in [5.41, 5.74) is 1.10. The number of thiocarbonyl (C=S) groups is 1. The van der Waals surface area contributed by atoms with Crippen molar-refractivity contribution in [2.45, 2.75) is 90.7 Å². The van der Waals surface area contributed by atoms with Gasteiger partial charge in [0.05, 0.1) is 31.6 Å². The number of hydrogen-bond donors (Lipinski definition) is 1. The van der Waals surface area contributed by atoms with Gasteiger partial charge in [0.15, 0.2) is 0 Å². The highest BCUT2D eigenvalue weighted by atomic mass is 32.2. The summed E-state index contributed by atoms with van der Waals surface area (Å²) in [6.45, 7) is 7.90. The molecule has 2 aromatic rings. The van der Waals surface area contributed by atoms with Crippen LogP contribution in [0.15, 0.2) is 33.6 Å². The number of esters is 1. The molecule has 2 amide bonds. The van der Waals surface area contributed by atoms with Crippen molar-refractivity contribution in [1.82, 2.24) is 10.2 Å². The molecule has 266 valence electrons. The molecular formula is C37H48N2O8S2. The molecular weight excluding hydrogens is 665 g/mol. The lowest BCUT2D eigenvalue weighted by atomic mass is 9.94. The molecule has 2 saturated carbocycles. The number of alkyl carbamates (subject to hydrolysis) is 1. The highest BCUT2D eigenvalue weighted by Gasteiger charge is 2.48. The van der Waals surface area contributed by atoms with E-state index in [1.807, 2.05) is 56.9 Å². The average molecular weight is 713 g/mol. The quantitative estimate of drug-likeness (QED) is 0.0901. The molecule has 1 N–H and O–H groups in total. The van der Waals surface area contributed by atoms with E-state index < -0.39 is 11.7 Å². The first-order chi connectivity index (χ1) is 23.3. The van der Waals surface area contributed by atoms with Crippen molar-refractivity contribution in [2.75, 3.05) is 27.4 Å². The molecule has 1 aromatic heterocycles. The topological polar surface area (TPSA) is 117 Å². The summed E-state index contributed by atoms with van der Waals surface area (Å²) in [6, 6.07) is 7.68. The van der Waals surface area contributed by atoms with Gasteiger partial charge >= 0.3 is 12.1 Å². The third-order valence-corrected chi connectivity index (χ3v) is 10.6. The Kier molecular flexibility index (Phi) is 12.0. The van der Waals surface area contributed by atoms with Gasteiger partial charge in [0.1, 0.15) is 32.9 Å². The van der Waals surface area contributed by atoms with Crippen molar-refractivity contribution in [2.24, 2.45) is 17.8 Å².